The molecule has 4 atom stereocenters. The van der Waals surface area contributed by atoms with Gasteiger partial charge in [-0.2, -0.15) is 10.4 Å². The fourth-order valence-corrected chi connectivity index (χ4v) is 6.84. The van der Waals surface area contributed by atoms with E-state index < -0.39 is 11.3 Å². The van der Waals surface area contributed by atoms with Crippen LogP contribution in [0.25, 0.3) is 22.4 Å². The van der Waals surface area contributed by atoms with E-state index in [4.69, 9.17) is 9.84 Å². The Balaban J connectivity index is 1.52. The molecule has 0 saturated heterocycles. The molecular weight excluding hydrogens is 474 g/mol. The Labute approximate surface area is 222 Å². The van der Waals surface area contributed by atoms with E-state index in [-0.39, 0.29) is 17.6 Å². The molecule has 2 aliphatic rings. The van der Waals surface area contributed by atoms with Crippen LogP contribution in [0, 0.1) is 29.1 Å². The minimum Gasteiger partial charge on any atom is -0.467 e. The summed E-state index contributed by atoms with van der Waals surface area (Å²) >= 11 is 0. The number of ketones is 1. The average Bonchev–Trinajstić information content (AvgIpc) is 3.32. The summed E-state index contributed by atoms with van der Waals surface area (Å²) in [6, 6.07) is 21.4. The number of carbonyl (C=O) groups excluding carboxylic acids is 1. The van der Waals surface area contributed by atoms with E-state index >= 15 is 0 Å². The van der Waals surface area contributed by atoms with Crippen LogP contribution in [0.3, 0.4) is 0 Å². The molecule has 2 aromatic carbocycles. The lowest BCUT2D eigenvalue weighted by atomic mass is 9.51. The summed E-state index contributed by atoms with van der Waals surface area (Å²) in [6.45, 7) is 2.00. The number of hydrogen-bond donors (Lipinski definition) is 0. The standard InChI is InChI=1S/C31H29N5O2/c1-19-26-13-12-25-27(21-9-7-8-20(14-21)23-17-33-30(38-3)34-18-23)36(2)35-29(25)31(26,15-22(16-32)28(19)37)24-10-5-4-6-11-24/h4-11,14,17-19,22,26H,12-13,15H2,1-3H3/t19-,22?,26-,31-/m0/s1. The predicted octanol–water partition coefficient (Wildman–Crippen LogP) is 5.15. The first kappa shape index (κ1) is 24.1. The number of fused-ring (bicyclic) bond motifs is 3. The quantitative estimate of drug-likeness (QED) is 0.382. The van der Waals surface area contributed by atoms with E-state index in [1.165, 1.54) is 5.56 Å². The van der Waals surface area contributed by atoms with Gasteiger partial charge in [-0.15, -0.1) is 0 Å². The van der Waals surface area contributed by atoms with Crippen molar-refractivity contribution in [2.24, 2.45) is 24.8 Å². The second-order valence-electron chi connectivity index (χ2n) is 10.4. The van der Waals surface area contributed by atoms with Crippen LogP contribution in [0.15, 0.2) is 67.0 Å². The molecule has 1 fully saturated rings. The van der Waals surface area contributed by atoms with Gasteiger partial charge >= 0.3 is 6.01 Å². The van der Waals surface area contributed by atoms with Gasteiger partial charge in [0.2, 0.25) is 0 Å². The van der Waals surface area contributed by atoms with Crippen LogP contribution in [0.2, 0.25) is 0 Å². The van der Waals surface area contributed by atoms with Gasteiger partial charge in [-0.3, -0.25) is 9.48 Å². The normalized spacial score (nSPS) is 24.3. The number of aryl methyl sites for hydroxylation is 1. The van der Waals surface area contributed by atoms with Gasteiger partial charge in [0.15, 0.2) is 5.78 Å². The van der Waals surface area contributed by atoms with Gasteiger partial charge in [0.05, 0.1) is 24.6 Å². The Morgan fingerprint density at radius 1 is 1.05 bits per heavy atom. The molecule has 2 heterocycles. The minimum absolute atomic E-state index is 0.0677. The van der Waals surface area contributed by atoms with E-state index in [1.807, 2.05) is 49.0 Å². The molecule has 38 heavy (non-hydrogen) atoms. The van der Waals surface area contributed by atoms with Crippen molar-refractivity contribution in [2.75, 3.05) is 7.11 Å². The number of benzene rings is 2. The van der Waals surface area contributed by atoms with E-state index in [2.05, 4.69) is 40.3 Å². The molecule has 1 unspecified atom stereocenters. The molecule has 4 aromatic rings. The van der Waals surface area contributed by atoms with Crippen molar-refractivity contribution in [3.8, 4) is 34.5 Å². The molecular formula is C31H29N5O2. The van der Waals surface area contributed by atoms with Crippen molar-refractivity contribution in [3.63, 3.8) is 0 Å². The third-order valence-corrected chi connectivity index (χ3v) is 8.55. The van der Waals surface area contributed by atoms with Crippen molar-refractivity contribution in [2.45, 2.75) is 31.6 Å². The second-order valence-corrected chi connectivity index (χ2v) is 10.4. The fourth-order valence-electron chi connectivity index (χ4n) is 6.84. The van der Waals surface area contributed by atoms with E-state index in [0.29, 0.717) is 12.4 Å². The van der Waals surface area contributed by atoms with Crippen LogP contribution >= 0.6 is 0 Å². The maximum absolute atomic E-state index is 13.1. The number of ether oxygens (including phenoxy) is 1. The van der Waals surface area contributed by atoms with Crippen LogP contribution in [-0.2, 0) is 23.7 Å². The number of aromatic nitrogens is 4. The highest BCUT2D eigenvalue weighted by atomic mass is 16.5. The van der Waals surface area contributed by atoms with Crippen molar-refractivity contribution in [1.82, 2.24) is 19.7 Å². The summed E-state index contributed by atoms with van der Waals surface area (Å²) in [4.78, 5) is 21.7. The van der Waals surface area contributed by atoms with E-state index in [1.54, 1.807) is 19.5 Å². The highest BCUT2D eigenvalue weighted by Gasteiger charge is 2.57. The topological polar surface area (TPSA) is 93.7 Å². The Morgan fingerprint density at radius 3 is 2.50 bits per heavy atom. The van der Waals surface area contributed by atoms with E-state index in [0.717, 1.165) is 46.5 Å². The second kappa shape index (κ2) is 9.21. The maximum atomic E-state index is 13.1. The monoisotopic (exact) mass is 503 g/mol. The largest absolute Gasteiger partial charge is 0.467 e. The summed E-state index contributed by atoms with van der Waals surface area (Å²) in [5.41, 5.74) is 6.91. The number of rotatable bonds is 4. The number of nitrogens with zero attached hydrogens (tertiary/aromatic N) is 5. The van der Waals surface area contributed by atoms with Crippen molar-refractivity contribution in [3.05, 3.63) is 83.8 Å². The maximum Gasteiger partial charge on any atom is 0.316 e. The number of hydrogen-bond acceptors (Lipinski definition) is 6. The highest BCUT2D eigenvalue weighted by molar-refractivity contribution is 5.88. The lowest BCUT2D eigenvalue weighted by molar-refractivity contribution is -0.131. The smallest absolute Gasteiger partial charge is 0.316 e. The molecule has 0 bridgehead atoms. The van der Waals surface area contributed by atoms with Gasteiger partial charge in [0.1, 0.15) is 5.92 Å². The minimum atomic E-state index is -0.642. The molecule has 2 aliphatic carbocycles. The zero-order chi connectivity index (χ0) is 26.4. The summed E-state index contributed by atoms with van der Waals surface area (Å²) < 4.78 is 7.09. The molecule has 6 rings (SSSR count). The van der Waals surface area contributed by atoms with E-state index in [9.17, 15) is 10.1 Å². The van der Waals surface area contributed by atoms with Gasteiger partial charge in [-0.1, -0.05) is 55.5 Å². The third kappa shape index (κ3) is 3.55. The molecule has 7 heteroatoms. The molecule has 1 saturated carbocycles. The van der Waals surface area contributed by atoms with Gasteiger partial charge in [0, 0.05) is 47.5 Å². The highest BCUT2D eigenvalue weighted by Crippen LogP contribution is 2.57. The summed E-state index contributed by atoms with van der Waals surface area (Å²) in [7, 11) is 3.54. The molecule has 190 valence electrons. The zero-order valence-electron chi connectivity index (χ0n) is 21.8. The van der Waals surface area contributed by atoms with Crippen LogP contribution in [0.1, 0.15) is 36.6 Å². The van der Waals surface area contributed by atoms with Crippen molar-refractivity contribution >= 4 is 5.78 Å². The molecule has 0 N–H and O–H groups in total. The Bertz CT molecular complexity index is 1550. The van der Waals surface area contributed by atoms with Crippen LogP contribution < -0.4 is 4.74 Å². The Morgan fingerprint density at radius 2 is 1.79 bits per heavy atom. The van der Waals surface area contributed by atoms with Gasteiger partial charge < -0.3 is 4.74 Å². The SMILES string of the molecule is COc1ncc(-c2cccc(-c3c4c(nn3C)[C@]3(c5ccccc5)CC(C#N)C(=O)[C@@H](C)[C@@H]3CC4)c2)cn1. The van der Waals surface area contributed by atoms with Crippen LogP contribution in [-0.4, -0.2) is 32.6 Å². The van der Waals surface area contributed by atoms with Crippen LogP contribution in [0.4, 0.5) is 0 Å². The first-order valence-electron chi connectivity index (χ1n) is 13.0. The molecule has 0 radical (unpaired) electrons. The first-order chi connectivity index (χ1) is 18.5. The number of carbonyl (C=O) groups is 1. The van der Waals surface area contributed by atoms with Crippen molar-refractivity contribution < 1.29 is 9.53 Å². The molecule has 0 spiro atoms. The molecule has 7 nitrogen and oxygen atoms in total. The number of Topliss-reactive ketones (excluding diaryl/α,β-unsaturated/α-hetero) is 1. The number of nitriles is 1. The van der Waals surface area contributed by atoms with Gasteiger partial charge in [-0.05, 0) is 42.4 Å². The van der Waals surface area contributed by atoms with Gasteiger partial charge in [0.25, 0.3) is 0 Å². The van der Waals surface area contributed by atoms with Crippen LogP contribution in [0.5, 0.6) is 6.01 Å². The lowest BCUT2D eigenvalue weighted by Crippen LogP contribution is -2.52. The molecule has 0 aliphatic heterocycles. The molecule has 2 aromatic heterocycles. The lowest BCUT2D eigenvalue weighted by Gasteiger charge is -2.50. The fraction of sp³-hybridized carbons (Fsp3) is 0.323. The summed E-state index contributed by atoms with van der Waals surface area (Å²) in [5, 5.41) is 15.1. The first-order valence-corrected chi connectivity index (χ1v) is 13.0. The third-order valence-electron chi connectivity index (χ3n) is 8.55. The predicted molar refractivity (Wildman–Crippen MR) is 143 cm³/mol. The summed E-state index contributed by atoms with van der Waals surface area (Å²) in [5.74, 6) is -0.681. The average molecular weight is 504 g/mol. The zero-order valence-corrected chi connectivity index (χ0v) is 21.8. The Hall–Kier alpha value is -4.31. The van der Waals surface area contributed by atoms with Gasteiger partial charge in [-0.25, -0.2) is 9.97 Å². The Kier molecular flexibility index (Phi) is 5.83. The number of methoxy groups -OCH3 is 1. The van der Waals surface area contributed by atoms with Crippen molar-refractivity contribution in [1.29, 1.82) is 5.26 Å². The summed E-state index contributed by atoms with van der Waals surface area (Å²) in [6.07, 6.45) is 5.70. The molecule has 0 amide bonds.